The van der Waals surface area contributed by atoms with E-state index < -0.39 is 5.92 Å². The number of benzene rings is 3. The first-order chi connectivity index (χ1) is 15.1. The summed E-state index contributed by atoms with van der Waals surface area (Å²) in [6.07, 6.45) is 0.785. The van der Waals surface area contributed by atoms with Gasteiger partial charge in [0.15, 0.2) is 0 Å². The van der Waals surface area contributed by atoms with E-state index >= 15 is 0 Å². The van der Waals surface area contributed by atoms with Gasteiger partial charge < -0.3 is 29.5 Å². The first kappa shape index (κ1) is 21.2. The quantitative estimate of drug-likeness (QED) is 0.396. The second kappa shape index (κ2) is 9.83. The summed E-state index contributed by atoms with van der Waals surface area (Å²) in [7, 11) is 0. The highest BCUT2D eigenvalue weighted by Gasteiger charge is 2.26. The SMILES string of the molecule is C(OCC1CO1)C1CO1.Oc1ccccc1C(c1ccccc1O)c1ccccc1O. The molecule has 0 spiro atoms. The minimum atomic E-state index is -0.455. The van der Waals surface area contributed by atoms with Crippen LogP contribution in [0.2, 0.25) is 0 Å². The van der Waals surface area contributed by atoms with Crippen LogP contribution in [0.5, 0.6) is 17.2 Å². The summed E-state index contributed by atoms with van der Waals surface area (Å²) < 4.78 is 15.1. The monoisotopic (exact) mass is 422 g/mol. The van der Waals surface area contributed by atoms with Gasteiger partial charge >= 0.3 is 0 Å². The first-order valence-corrected chi connectivity index (χ1v) is 10.3. The Bertz CT molecular complexity index is 876. The summed E-state index contributed by atoms with van der Waals surface area (Å²) in [5, 5.41) is 30.7. The second-order valence-electron chi connectivity index (χ2n) is 7.56. The van der Waals surface area contributed by atoms with Crippen LogP contribution in [0.15, 0.2) is 72.8 Å². The van der Waals surface area contributed by atoms with Crippen LogP contribution in [0, 0.1) is 0 Å². The van der Waals surface area contributed by atoms with Gasteiger partial charge in [0, 0.05) is 22.6 Å². The summed E-state index contributed by atoms with van der Waals surface area (Å²) in [6.45, 7) is 3.26. The third-order valence-corrected chi connectivity index (χ3v) is 5.16. The Morgan fingerprint density at radius 3 is 1.26 bits per heavy atom. The van der Waals surface area contributed by atoms with Crippen LogP contribution in [-0.4, -0.2) is 54.0 Å². The lowest BCUT2D eigenvalue weighted by Crippen LogP contribution is -2.06. The van der Waals surface area contributed by atoms with Gasteiger partial charge in [0.05, 0.1) is 26.4 Å². The number of hydrogen-bond acceptors (Lipinski definition) is 6. The maximum absolute atomic E-state index is 10.2. The van der Waals surface area contributed by atoms with Gasteiger partial charge in [0.25, 0.3) is 0 Å². The predicted octanol–water partition coefficient (Wildman–Crippen LogP) is 3.78. The Labute approximate surface area is 181 Å². The number of phenols is 3. The lowest BCUT2D eigenvalue weighted by molar-refractivity contribution is 0.102. The van der Waals surface area contributed by atoms with E-state index in [4.69, 9.17) is 14.2 Å². The fourth-order valence-electron chi connectivity index (χ4n) is 3.36. The molecule has 0 saturated carbocycles. The summed E-state index contributed by atoms with van der Waals surface area (Å²) in [5.74, 6) is -0.0828. The molecule has 0 aliphatic carbocycles. The molecular weight excluding hydrogens is 396 g/mol. The van der Waals surface area contributed by atoms with E-state index in [1.165, 1.54) is 0 Å². The third kappa shape index (κ3) is 5.76. The van der Waals surface area contributed by atoms with Crippen molar-refractivity contribution < 1.29 is 29.5 Å². The summed E-state index contributed by atoms with van der Waals surface area (Å²) >= 11 is 0. The molecule has 2 heterocycles. The molecule has 0 aromatic heterocycles. The van der Waals surface area contributed by atoms with Crippen LogP contribution in [-0.2, 0) is 14.2 Å². The molecule has 162 valence electrons. The van der Waals surface area contributed by atoms with Crippen LogP contribution in [0.1, 0.15) is 22.6 Å². The molecule has 2 aliphatic heterocycles. The predicted molar refractivity (Wildman–Crippen MR) is 116 cm³/mol. The highest BCUT2D eigenvalue weighted by Crippen LogP contribution is 2.42. The summed E-state index contributed by atoms with van der Waals surface area (Å²) in [4.78, 5) is 0. The van der Waals surface area contributed by atoms with Crippen molar-refractivity contribution in [3.8, 4) is 17.2 Å². The van der Waals surface area contributed by atoms with E-state index in [1.54, 1.807) is 54.6 Å². The first-order valence-electron chi connectivity index (χ1n) is 10.3. The van der Waals surface area contributed by atoms with Crippen molar-refractivity contribution in [2.75, 3.05) is 26.4 Å². The molecule has 2 atom stereocenters. The van der Waals surface area contributed by atoms with Crippen molar-refractivity contribution in [1.29, 1.82) is 0 Å². The zero-order chi connectivity index (χ0) is 21.6. The van der Waals surface area contributed by atoms with E-state index in [1.807, 2.05) is 18.2 Å². The topological polar surface area (TPSA) is 95.0 Å². The fourth-order valence-corrected chi connectivity index (χ4v) is 3.36. The molecule has 3 aromatic rings. The number of para-hydroxylation sites is 3. The zero-order valence-corrected chi connectivity index (χ0v) is 17.1. The minimum Gasteiger partial charge on any atom is -0.508 e. The second-order valence-corrected chi connectivity index (χ2v) is 7.56. The van der Waals surface area contributed by atoms with E-state index in [0.29, 0.717) is 28.9 Å². The molecule has 5 rings (SSSR count). The van der Waals surface area contributed by atoms with Crippen molar-refractivity contribution in [2.24, 2.45) is 0 Å². The van der Waals surface area contributed by atoms with Crippen molar-refractivity contribution in [3.05, 3.63) is 89.5 Å². The Morgan fingerprint density at radius 1 is 0.645 bits per heavy atom. The maximum Gasteiger partial charge on any atom is 0.119 e. The van der Waals surface area contributed by atoms with Crippen molar-refractivity contribution >= 4 is 0 Å². The number of ether oxygens (including phenoxy) is 3. The highest BCUT2D eigenvalue weighted by atomic mass is 16.6. The van der Waals surface area contributed by atoms with Crippen molar-refractivity contribution in [1.82, 2.24) is 0 Å². The largest absolute Gasteiger partial charge is 0.508 e. The zero-order valence-electron chi connectivity index (χ0n) is 17.1. The lowest BCUT2D eigenvalue weighted by atomic mass is 9.83. The Hall–Kier alpha value is -3.06. The smallest absolute Gasteiger partial charge is 0.119 e. The van der Waals surface area contributed by atoms with E-state index in [9.17, 15) is 15.3 Å². The van der Waals surface area contributed by atoms with Gasteiger partial charge in [-0.25, -0.2) is 0 Å². The molecular formula is C25H26O6. The van der Waals surface area contributed by atoms with Crippen molar-refractivity contribution in [2.45, 2.75) is 18.1 Å². The van der Waals surface area contributed by atoms with Crippen LogP contribution < -0.4 is 0 Å². The molecule has 31 heavy (non-hydrogen) atoms. The van der Waals surface area contributed by atoms with Gasteiger partial charge in [-0.15, -0.1) is 0 Å². The average Bonchev–Trinajstić information content (AvgIpc) is 3.69. The number of phenolic OH excluding ortho intramolecular Hbond substituents is 3. The van der Waals surface area contributed by atoms with E-state index in [-0.39, 0.29) is 17.2 Å². The molecule has 2 unspecified atom stereocenters. The van der Waals surface area contributed by atoms with Gasteiger partial charge in [0.1, 0.15) is 29.5 Å². The Balaban J connectivity index is 0.000000212. The molecule has 3 N–H and O–H groups in total. The van der Waals surface area contributed by atoms with Gasteiger partial charge in [-0.2, -0.15) is 0 Å². The Kier molecular flexibility index (Phi) is 6.72. The molecule has 6 heteroatoms. The Morgan fingerprint density at radius 2 is 0.968 bits per heavy atom. The summed E-state index contributed by atoms with van der Waals surface area (Å²) in [5.41, 5.74) is 1.89. The standard InChI is InChI=1S/C19H16O3.C6H10O3/c20-16-10-4-1-7-13(16)19(14-8-2-5-11-17(14)21)15-9-3-6-12-18(15)22;1(5-3-8-5)7-2-6-4-9-6/h1-12,19-22H;5-6H,1-4H2. The number of epoxide rings is 2. The van der Waals surface area contributed by atoms with Crippen LogP contribution in [0.25, 0.3) is 0 Å². The van der Waals surface area contributed by atoms with E-state index in [0.717, 1.165) is 26.4 Å². The third-order valence-electron chi connectivity index (χ3n) is 5.16. The van der Waals surface area contributed by atoms with Crippen molar-refractivity contribution in [3.63, 3.8) is 0 Å². The number of hydrogen-bond donors (Lipinski definition) is 3. The number of aromatic hydroxyl groups is 3. The minimum absolute atomic E-state index is 0.124. The van der Waals surface area contributed by atoms with Gasteiger partial charge in [0.2, 0.25) is 0 Å². The molecule has 2 saturated heterocycles. The van der Waals surface area contributed by atoms with Crippen LogP contribution in [0.3, 0.4) is 0 Å². The van der Waals surface area contributed by atoms with Gasteiger partial charge in [-0.3, -0.25) is 0 Å². The molecule has 6 nitrogen and oxygen atoms in total. The molecule has 0 amide bonds. The fraction of sp³-hybridized carbons (Fsp3) is 0.280. The maximum atomic E-state index is 10.2. The molecule has 2 aliphatic rings. The highest BCUT2D eigenvalue weighted by molar-refractivity contribution is 5.55. The summed E-state index contributed by atoms with van der Waals surface area (Å²) in [6, 6.07) is 20.9. The molecule has 0 bridgehead atoms. The van der Waals surface area contributed by atoms with Crippen LogP contribution >= 0.6 is 0 Å². The lowest BCUT2D eigenvalue weighted by Gasteiger charge is -2.21. The average molecular weight is 422 g/mol. The normalized spacial score (nSPS) is 18.9. The van der Waals surface area contributed by atoms with Crippen LogP contribution in [0.4, 0.5) is 0 Å². The molecule has 2 fully saturated rings. The number of rotatable bonds is 7. The molecule has 3 aromatic carbocycles. The molecule has 0 radical (unpaired) electrons. The van der Waals surface area contributed by atoms with E-state index in [2.05, 4.69) is 0 Å². The van der Waals surface area contributed by atoms with Gasteiger partial charge in [-0.1, -0.05) is 54.6 Å². The van der Waals surface area contributed by atoms with Gasteiger partial charge in [-0.05, 0) is 18.2 Å².